The maximum Gasteiger partial charge on any atom is 0.145 e. The summed E-state index contributed by atoms with van der Waals surface area (Å²) in [5, 5.41) is 4.28. The molecule has 0 amide bonds. The van der Waals surface area contributed by atoms with Crippen LogP contribution in [-0.2, 0) is 12.1 Å². The van der Waals surface area contributed by atoms with Crippen LogP contribution in [0, 0.1) is 0 Å². The van der Waals surface area contributed by atoms with Crippen LogP contribution in [0.2, 0.25) is 0 Å². The van der Waals surface area contributed by atoms with Gasteiger partial charge in [0.15, 0.2) is 0 Å². The van der Waals surface area contributed by atoms with Gasteiger partial charge < -0.3 is 11.5 Å². The average molecular weight is 241 g/mol. The molecule has 18 heavy (non-hydrogen) atoms. The number of amidine groups is 1. The standard InChI is InChI=1S/C13H15N5/c1-13(9-3-2-4-10(14)7-9)8-18-11(5-6-16-18)12(15)17-13/h2-7H,8,14H2,1H3,(H2,15,17). The first kappa shape index (κ1) is 10.8. The number of nitrogen functional groups attached to an aromatic ring is 1. The molecular weight excluding hydrogens is 226 g/mol. The first-order chi connectivity index (χ1) is 8.58. The Morgan fingerprint density at radius 2 is 2.11 bits per heavy atom. The Bertz CT molecular complexity index is 628. The molecule has 0 bridgehead atoms. The molecule has 1 aromatic heterocycles. The zero-order valence-electron chi connectivity index (χ0n) is 10.2. The fourth-order valence-corrected chi connectivity index (χ4v) is 2.36. The molecule has 1 aliphatic rings. The number of benzene rings is 1. The van der Waals surface area contributed by atoms with Crippen molar-refractivity contribution in [2.24, 2.45) is 10.7 Å². The molecule has 5 heteroatoms. The summed E-state index contributed by atoms with van der Waals surface area (Å²) < 4.78 is 1.88. The highest BCUT2D eigenvalue weighted by Crippen LogP contribution is 2.31. The van der Waals surface area contributed by atoms with Gasteiger partial charge in [0.25, 0.3) is 0 Å². The largest absolute Gasteiger partial charge is 0.399 e. The molecule has 0 saturated heterocycles. The highest BCUT2D eigenvalue weighted by molar-refractivity contribution is 5.96. The van der Waals surface area contributed by atoms with E-state index in [1.54, 1.807) is 6.20 Å². The lowest BCUT2D eigenvalue weighted by Crippen LogP contribution is -2.37. The van der Waals surface area contributed by atoms with Crippen molar-refractivity contribution in [1.82, 2.24) is 9.78 Å². The topological polar surface area (TPSA) is 82.2 Å². The highest BCUT2D eigenvalue weighted by atomic mass is 15.3. The predicted molar refractivity (Wildman–Crippen MR) is 71.2 cm³/mol. The Labute approximate surface area is 105 Å². The van der Waals surface area contributed by atoms with Crippen molar-refractivity contribution in [2.45, 2.75) is 19.0 Å². The van der Waals surface area contributed by atoms with Crippen LogP contribution in [0.3, 0.4) is 0 Å². The van der Waals surface area contributed by atoms with Crippen molar-refractivity contribution in [3.8, 4) is 0 Å². The number of aliphatic imine (C=N–C) groups is 1. The minimum Gasteiger partial charge on any atom is -0.399 e. The molecule has 1 aromatic carbocycles. The maximum absolute atomic E-state index is 6.00. The fraction of sp³-hybridized carbons (Fsp3) is 0.231. The summed E-state index contributed by atoms with van der Waals surface area (Å²) in [7, 11) is 0. The van der Waals surface area contributed by atoms with Crippen LogP contribution in [0.15, 0.2) is 41.5 Å². The monoisotopic (exact) mass is 241 g/mol. The van der Waals surface area contributed by atoms with Gasteiger partial charge in [0.05, 0.1) is 6.54 Å². The number of hydrogen-bond donors (Lipinski definition) is 2. The first-order valence-electron chi connectivity index (χ1n) is 5.82. The molecule has 1 atom stereocenters. The second kappa shape index (κ2) is 3.60. The molecule has 0 fully saturated rings. The van der Waals surface area contributed by atoms with Crippen LogP contribution in [0.1, 0.15) is 18.2 Å². The van der Waals surface area contributed by atoms with Crippen molar-refractivity contribution in [1.29, 1.82) is 0 Å². The summed E-state index contributed by atoms with van der Waals surface area (Å²) in [5.41, 5.74) is 14.1. The van der Waals surface area contributed by atoms with E-state index in [2.05, 4.69) is 10.1 Å². The Kier molecular flexibility index (Phi) is 2.16. The van der Waals surface area contributed by atoms with E-state index in [0.717, 1.165) is 16.9 Å². The molecule has 0 spiro atoms. The summed E-state index contributed by atoms with van der Waals surface area (Å²) in [4.78, 5) is 4.62. The number of hydrogen-bond acceptors (Lipinski definition) is 4. The lowest BCUT2D eigenvalue weighted by Gasteiger charge is -2.31. The number of rotatable bonds is 1. The van der Waals surface area contributed by atoms with Gasteiger partial charge in [-0.2, -0.15) is 5.10 Å². The Morgan fingerprint density at radius 1 is 1.28 bits per heavy atom. The Hall–Kier alpha value is -2.30. The van der Waals surface area contributed by atoms with Crippen LogP contribution in [0.5, 0.6) is 0 Å². The number of fused-ring (bicyclic) bond motifs is 1. The molecule has 3 rings (SSSR count). The van der Waals surface area contributed by atoms with Gasteiger partial charge >= 0.3 is 0 Å². The molecule has 0 aliphatic carbocycles. The lowest BCUT2D eigenvalue weighted by atomic mass is 9.91. The molecule has 2 aromatic rings. The third-order valence-electron chi connectivity index (χ3n) is 3.31. The average Bonchev–Trinajstić information content (AvgIpc) is 2.77. The molecule has 0 saturated carbocycles. The van der Waals surface area contributed by atoms with Gasteiger partial charge in [-0.3, -0.25) is 9.67 Å². The summed E-state index contributed by atoms with van der Waals surface area (Å²) in [5.74, 6) is 0.517. The minimum atomic E-state index is -0.418. The van der Waals surface area contributed by atoms with Crippen LogP contribution in [-0.4, -0.2) is 15.6 Å². The van der Waals surface area contributed by atoms with E-state index in [9.17, 15) is 0 Å². The quantitative estimate of drug-likeness (QED) is 0.733. The van der Waals surface area contributed by atoms with E-state index in [-0.39, 0.29) is 0 Å². The second-order valence-corrected chi connectivity index (χ2v) is 4.77. The lowest BCUT2D eigenvalue weighted by molar-refractivity contribution is 0.377. The van der Waals surface area contributed by atoms with E-state index in [0.29, 0.717) is 12.4 Å². The fourth-order valence-electron chi connectivity index (χ4n) is 2.36. The molecule has 0 radical (unpaired) electrons. The third-order valence-corrected chi connectivity index (χ3v) is 3.31. The normalized spacial score (nSPS) is 22.4. The van der Waals surface area contributed by atoms with Gasteiger partial charge in [-0.15, -0.1) is 0 Å². The molecule has 5 nitrogen and oxygen atoms in total. The van der Waals surface area contributed by atoms with Gasteiger partial charge in [0.1, 0.15) is 17.1 Å². The summed E-state index contributed by atoms with van der Waals surface area (Å²) in [6.07, 6.45) is 1.74. The number of nitrogens with two attached hydrogens (primary N) is 2. The van der Waals surface area contributed by atoms with Crippen LogP contribution in [0.25, 0.3) is 0 Å². The van der Waals surface area contributed by atoms with E-state index in [4.69, 9.17) is 11.5 Å². The number of nitrogens with zero attached hydrogens (tertiary/aromatic N) is 3. The third kappa shape index (κ3) is 1.55. The molecule has 1 aliphatic heterocycles. The number of aromatic nitrogens is 2. The van der Waals surface area contributed by atoms with Crippen molar-refractivity contribution in [2.75, 3.05) is 5.73 Å². The number of anilines is 1. The zero-order chi connectivity index (χ0) is 12.8. The second-order valence-electron chi connectivity index (χ2n) is 4.77. The van der Waals surface area contributed by atoms with Crippen LogP contribution in [0.4, 0.5) is 5.69 Å². The highest BCUT2D eigenvalue weighted by Gasteiger charge is 2.32. The molecular formula is C13H15N5. The van der Waals surface area contributed by atoms with Gasteiger partial charge in [-0.25, -0.2) is 0 Å². The van der Waals surface area contributed by atoms with Crippen molar-refractivity contribution in [3.63, 3.8) is 0 Å². The van der Waals surface area contributed by atoms with Crippen molar-refractivity contribution >= 4 is 11.5 Å². The smallest absolute Gasteiger partial charge is 0.145 e. The SMILES string of the molecule is CC1(c2cccc(N)c2)Cn2nccc2C(N)=N1. The summed E-state index contributed by atoms with van der Waals surface area (Å²) in [6, 6.07) is 9.62. The summed E-state index contributed by atoms with van der Waals surface area (Å²) in [6.45, 7) is 2.71. The first-order valence-corrected chi connectivity index (χ1v) is 5.82. The molecule has 4 N–H and O–H groups in total. The van der Waals surface area contributed by atoms with Gasteiger partial charge in [0.2, 0.25) is 0 Å². The van der Waals surface area contributed by atoms with E-state index < -0.39 is 5.54 Å². The van der Waals surface area contributed by atoms with E-state index in [1.807, 2.05) is 41.9 Å². The zero-order valence-corrected chi connectivity index (χ0v) is 10.2. The van der Waals surface area contributed by atoms with Crippen molar-refractivity contribution in [3.05, 3.63) is 47.8 Å². The molecule has 1 unspecified atom stereocenters. The van der Waals surface area contributed by atoms with Crippen molar-refractivity contribution < 1.29 is 0 Å². The molecule has 2 heterocycles. The Balaban J connectivity index is 2.10. The Morgan fingerprint density at radius 3 is 2.89 bits per heavy atom. The van der Waals surface area contributed by atoms with Crippen LogP contribution < -0.4 is 11.5 Å². The minimum absolute atomic E-state index is 0.418. The van der Waals surface area contributed by atoms with Crippen LogP contribution >= 0.6 is 0 Å². The van der Waals surface area contributed by atoms with E-state index in [1.165, 1.54) is 0 Å². The maximum atomic E-state index is 6.00. The van der Waals surface area contributed by atoms with Gasteiger partial charge in [0, 0.05) is 11.9 Å². The van der Waals surface area contributed by atoms with Gasteiger partial charge in [-0.1, -0.05) is 12.1 Å². The van der Waals surface area contributed by atoms with E-state index >= 15 is 0 Å². The summed E-state index contributed by atoms with van der Waals surface area (Å²) >= 11 is 0. The predicted octanol–water partition coefficient (Wildman–Crippen LogP) is 1.10. The van der Waals surface area contributed by atoms with Gasteiger partial charge in [-0.05, 0) is 30.7 Å². The molecule has 92 valence electrons.